The average Bonchev–Trinajstić information content (AvgIpc) is 2.28. The van der Waals surface area contributed by atoms with E-state index in [1.165, 1.54) is 4.90 Å². The van der Waals surface area contributed by atoms with Gasteiger partial charge in [0.2, 0.25) is 5.91 Å². The summed E-state index contributed by atoms with van der Waals surface area (Å²) in [6.45, 7) is 6.36. The molecule has 4 heteroatoms. The highest BCUT2D eigenvalue weighted by atomic mass is 16.2. The smallest absolute Gasteiger partial charge is 0.328 e. The van der Waals surface area contributed by atoms with Crippen molar-refractivity contribution >= 4 is 17.6 Å². The van der Waals surface area contributed by atoms with E-state index in [-0.39, 0.29) is 23.8 Å². The Morgan fingerprint density at radius 2 is 2.06 bits per heavy atom. The predicted molar refractivity (Wildman–Crippen MR) is 70.4 cm³/mol. The zero-order valence-corrected chi connectivity index (χ0v) is 10.9. The van der Waals surface area contributed by atoms with Crippen molar-refractivity contribution in [1.82, 2.24) is 5.32 Å². The first-order chi connectivity index (χ1) is 8.50. The van der Waals surface area contributed by atoms with E-state index in [1.54, 1.807) is 6.07 Å². The minimum atomic E-state index is -0.331. The molecule has 4 nitrogen and oxygen atoms in total. The van der Waals surface area contributed by atoms with Crippen molar-refractivity contribution in [3.05, 3.63) is 29.8 Å². The second-order valence-corrected chi connectivity index (χ2v) is 5.05. The lowest BCUT2D eigenvalue weighted by atomic mass is 9.92. The van der Waals surface area contributed by atoms with Crippen molar-refractivity contribution in [2.45, 2.75) is 20.8 Å². The first kappa shape index (κ1) is 12.6. The highest BCUT2D eigenvalue weighted by Gasteiger charge is 2.36. The van der Waals surface area contributed by atoms with Crippen LogP contribution in [0.25, 0.3) is 0 Å². The number of rotatable bonds is 2. The number of carbonyl (C=O) groups excluding carboxylic acids is 2. The third-order valence-electron chi connectivity index (χ3n) is 3.28. The zero-order chi connectivity index (χ0) is 13.3. The molecule has 1 unspecified atom stereocenters. The summed E-state index contributed by atoms with van der Waals surface area (Å²) in [7, 11) is 0. The summed E-state index contributed by atoms with van der Waals surface area (Å²) >= 11 is 0. The Kier molecular flexibility index (Phi) is 3.36. The number of nitrogens with one attached hydrogen (secondary N) is 1. The Morgan fingerprint density at radius 1 is 1.33 bits per heavy atom. The Bertz CT molecular complexity index is 482. The van der Waals surface area contributed by atoms with Gasteiger partial charge in [-0.15, -0.1) is 0 Å². The fourth-order valence-corrected chi connectivity index (χ4v) is 2.16. The summed E-state index contributed by atoms with van der Waals surface area (Å²) < 4.78 is 0. The van der Waals surface area contributed by atoms with Crippen LogP contribution in [0.5, 0.6) is 0 Å². The third-order valence-corrected chi connectivity index (χ3v) is 3.28. The Morgan fingerprint density at radius 3 is 2.67 bits per heavy atom. The van der Waals surface area contributed by atoms with E-state index in [4.69, 9.17) is 0 Å². The number of anilines is 1. The highest BCUT2D eigenvalue weighted by Crippen LogP contribution is 2.24. The Hall–Kier alpha value is -1.84. The van der Waals surface area contributed by atoms with E-state index in [2.05, 4.69) is 5.32 Å². The van der Waals surface area contributed by atoms with Gasteiger partial charge in [-0.3, -0.25) is 4.79 Å². The fourth-order valence-electron chi connectivity index (χ4n) is 2.16. The quantitative estimate of drug-likeness (QED) is 0.870. The van der Waals surface area contributed by atoms with Crippen molar-refractivity contribution in [2.75, 3.05) is 11.4 Å². The molecule has 96 valence electrons. The number of aryl methyl sites for hydroxylation is 1. The number of amides is 3. The molecule has 0 saturated carbocycles. The van der Waals surface area contributed by atoms with Crippen LogP contribution < -0.4 is 10.2 Å². The van der Waals surface area contributed by atoms with Crippen LogP contribution in [0.15, 0.2) is 24.3 Å². The number of hydrogen-bond donors (Lipinski definition) is 1. The van der Waals surface area contributed by atoms with Gasteiger partial charge in [0.1, 0.15) is 0 Å². The molecule has 1 atom stereocenters. The maximum atomic E-state index is 12.4. The third kappa shape index (κ3) is 2.23. The van der Waals surface area contributed by atoms with E-state index in [1.807, 2.05) is 39.0 Å². The summed E-state index contributed by atoms with van der Waals surface area (Å²) in [4.78, 5) is 25.5. The number of hydrogen-bond acceptors (Lipinski definition) is 2. The van der Waals surface area contributed by atoms with E-state index >= 15 is 0 Å². The van der Waals surface area contributed by atoms with Crippen LogP contribution in [0, 0.1) is 18.8 Å². The Balaban J connectivity index is 2.35. The number of urea groups is 1. The molecule has 1 heterocycles. The summed E-state index contributed by atoms with van der Waals surface area (Å²) in [5.41, 5.74) is 1.67. The molecule has 0 bridgehead atoms. The first-order valence-electron chi connectivity index (χ1n) is 6.19. The van der Waals surface area contributed by atoms with Gasteiger partial charge in [-0.05, 0) is 30.5 Å². The zero-order valence-electron chi connectivity index (χ0n) is 10.9. The second kappa shape index (κ2) is 4.80. The van der Waals surface area contributed by atoms with Crippen LogP contribution in [0.2, 0.25) is 0 Å². The standard InChI is InChI=1S/C14H18N2O2/c1-9(2)12-8-15-14(18)16(13(12)17)11-6-4-5-10(3)7-11/h4-7,9,12H,8H2,1-3H3,(H,15,18). The highest BCUT2D eigenvalue weighted by molar-refractivity contribution is 6.16. The van der Waals surface area contributed by atoms with Crippen LogP contribution in [0.1, 0.15) is 19.4 Å². The number of imide groups is 1. The van der Waals surface area contributed by atoms with Gasteiger partial charge in [-0.25, -0.2) is 9.69 Å². The number of carbonyl (C=O) groups is 2. The molecule has 0 aromatic heterocycles. The fraction of sp³-hybridized carbons (Fsp3) is 0.429. The van der Waals surface area contributed by atoms with Gasteiger partial charge in [0.15, 0.2) is 0 Å². The summed E-state index contributed by atoms with van der Waals surface area (Å²) in [5.74, 6) is -0.0482. The normalized spacial score (nSPS) is 20.2. The van der Waals surface area contributed by atoms with Crippen molar-refractivity contribution in [3.8, 4) is 0 Å². The van der Waals surface area contributed by atoms with Gasteiger partial charge >= 0.3 is 6.03 Å². The SMILES string of the molecule is Cc1cccc(N2C(=O)NCC(C(C)C)C2=O)c1. The molecule has 1 aromatic carbocycles. The van der Waals surface area contributed by atoms with Gasteiger partial charge in [0, 0.05) is 6.54 Å². The molecule has 0 radical (unpaired) electrons. The van der Waals surface area contributed by atoms with Crippen molar-refractivity contribution in [3.63, 3.8) is 0 Å². The molecule has 0 aliphatic carbocycles. The van der Waals surface area contributed by atoms with Gasteiger partial charge in [-0.2, -0.15) is 0 Å². The van der Waals surface area contributed by atoms with Crippen LogP contribution in [0.3, 0.4) is 0 Å². The van der Waals surface area contributed by atoms with Crippen LogP contribution in [0.4, 0.5) is 10.5 Å². The Labute approximate surface area is 107 Å². The van der Waals surface area contributed by atoms with E-state index < -0.39 is 0 Å². The molecule has 3 amide bonds. The lowest BCUT2D eigenvalue weighted by Crippen LogP contribution is -2.56. The number of benzene rings is 1. The molecule has 0 spiro atoms. The molecule has 1 aromatic rings. The van der Waals surface area contributed by atoms with Gasteiger partial charge in [0.05, 0.1) is 11.6 Å². The lowest BCUT2D eigenvalue weighted by Gasteiger charge is -2.33. The minimum Gasteiger partial charge on any atom is -0.337 e. The molecule has 1 aliphatic heterocycles. The van der Waals surface area contributed by atoms with Gasteiger partial charge in [0.25, 0.3) is 0 Å². The van der Waals surface area contributed by atoms with Gasteiger partial charge in [-0.1, -0.05) is 26.0 Å². The average molecular weight is 246 g/mol. The molecule has 1 saturated heterocycles. The minimum absolute atomic E-state index is 0.112. The molecule has 2 rings (SSSR count). The second-order valence-electron chi connectivity index (χ2n) is 5.05. The molecule has 1 fully saturated rings. The van der Waals surface area contributed by atoms with Gasteiger partial charge < -0.3 is 5.32 Å². The predicted octanol–water partition coefficient (Wildman–Crippen LogP) is 2.32. The maximum Gasteiger partial charge on any atom is 0.328 e. The van der Waals surface area contributed by atoms with E-state index in [0.29, 0.717) is 12.2 Å². The van der Waals surface area contributed by atoms with Crippen molar-refractivity contribution in [2.24, 2.45) is 11.8 Å². The van der Waals surface area contributed by atoms with Crippen LogP contribution >= 0.6 is 0 Å². The van der Waals surface area contributed by atoms with Crippen LogP contribution in [-0.2, 0) is 4.79 Å². The molecule has 1 N–H and O–H groups in total. The first-order valence-corrected chi connectivity index (χ1v) is 6.19. The van der Waals surface area contributed by atoms with Crippen LogP contribution in [-0.4, -0.2) is 18.5 Å². The molecular formula is C14H18N2O2. The molecular weight excluding hydrogens is 228 g/mol. The van der Waals surface area contributed by atoms with E-state index in [0.717, 1.165) is 5.56 Å². The maximum absolute atomic E-state index is 12.4. The van der Waals surface area contributed by atoms with E-state index in [9.17, 15) is 9.59 Å². The monoisotopic (exact) mass is 246 g/mol. The largest absolute Gasteiger partial charge is 0.337 e. The topological polar surface area (TPSA) is 49.4 Å². The number of nitrogens with zero attached hydrogens (tertiary/aromatic N) is 1. The van der Waals surface area contributed by atoms with Crippen molar-refractivity contribution in [1.29, 1.82) is 0 Å². The summed E-state index contributed by atoms with van der Waals surface area (Å²) in [6, 6.07) is 7.09. The lowest BCUT2D eigenvalue weighted by molar-refractivity contribution is -0.123. The molecule has 1 aliphatic rings. The van der Waals surface area contributed by atoms with Crippen molar-refractivity contribution < 1.29 is 9.59 Å². The molecule has 18 heavy (non-hydrogen) atoms. The summed E-state index contributed by atoms with van der Waals surface area (Å²) in [6.07, 6.45) is 0. The summed E-state index contributed by atoms with van der Waals surface area (Å²) in [5, 5.41) is 2.78.